The molecule has 0 radical (unpaired) electrons. The quantitative estimate of drug-likeness (QED) is 0.344. The van der Waals surface area contributed by atoms with E-state index in [1.807, 2.05) is 19.1 Å². The van der Waals surface area contributed by atoms with Crippen LogP contribution < -0.4 is 10.1 Å². The molecule has 10 heteroatoms. The highest BCUT2D eigenvalue weighted by Gasteiger charge is 2.36. The highest BCUT2D eigenvalue weighted by molar-refractivity contribution is 5.97. The molecule has 0 spiro atoms. The molecule has 4 heterocycles. The van der Waals surface area contributed by atoms with Crippen molar-refractivity contribution in [2.75, 3.05) is 6.61 Å². The van der Waals surface area contributed by atoms with Crippen LogP contribution in [0, 0.1) is 5.82 Å². The molecule has 0 aliphatic heterocycles. The lowest BCUT2D eigenvalue weighted by molar-refractivity contribution is 0.0903. The molecule has 5 aromatic rings. The fourth-order valence-corrected chi connectivity index (χ4v) is 4.65. The lowest BCUT2D eigenvalue weighted by Crippen LogP contribution is -2.44. The van der Waals surface area contributed by atoms with Gasteiger partial charge in [0.05, 0.1) is 29.5 Å². The van der Waals surface area contributed by atoms with E-state index < -0.39 is 0 Å². The van der Waals surface area contributed by atoms with Crippen molar-refractivity contribution in [2.45, 2.75) is 31.7 Å². The molecule has 4 aromatic heterocycles. The molecule has 1 amide bonds. The fraction of sp³-hybridized carbons (Fsp3) is 0.222. The summed E-state index contributed by atoms with van der Waals surface area (Å²) in [4.78, 5) is 24.6. The standard InChI is InChI=1S/C27H24FN7O2/c1-2-37-18-9-10-21(30-15-18)26-34-33-25(35(26)24-8-4-3-6-19(24)28)16-12-17(13-16)31-27(36)23-14-22-20(32-23)7-5-11-29-22/h3-11,14-17,32H,2,12-13H2,1H3,(H,31,36)/t16-,17-. The molecule has 1 saturated carbocycles. The number of benzene rings is 1. The predicted molar refractivity (Wildman–Crippen MR) is 135 cm³/mol. The molecular formula is C27H24FN7O2. The van der Waals surface area contributed by atoms with E-state index >= 15 is 0 Å². The SMILES string of the molecule is CCOc1ccc(-c2nnc([C@H]3C[C@H](NC(=O)c4cc5ncccc5[nH]4)C3)n2-c2ccccc2F)nc1. The summed E-state index contributed by atoms with van der Waals surface area (Å²) < 4.78 is 22.1. The molecule has 1 aliphatic rings. The molecule has 2 N–H and O–H groups in total. The Bertz CT molecular complexity index is 1540. The maximum Gasteiger partial charge on any atom is 0.268 e. The average molecular weight is 498 g/mol. The summed E-state index contributed by atoms with van der Waals surface area (Å²) in [5.74, 6) is 1.16. The second-order valence-corrected chi connectivity index (χ2v) is 8.94. The number of halogens is 1. The maximum absolute atomic E-state index is 14.9. The lowest BCUT2D eigenvalue weighted by Gasteiger charge is -2.35. The number of pyridine rings is 2. The van der Waals surface area contributed by atoms with Crippen LogP contribution >= 0.6 is 0 Å². The van der Waals surface area contributed by atoms with Crippen LogP contribution in [0.5, 0.6) is 5.75 Å². The van der Waals surface area contributed by atoms with Gasteiger partial charge in [-0.3, -0.25) is 14.3 Å². The predicted octanol–water partition coefficient (Wildman–Crippen LogP) is 4.42. The van der Waals surface area contributed by atoms with Crippen LogP contribution in [0.2, 0.25) is 0 Å². The number of amides is 1. The van der Waals surface area contributed by atoms with Crippen molar-refractivity contribution < 1.29 is 13.9 Å². The van der Waals surface area contributed by atoms with Crippen molar-refractivity contribution in [3.05, 3.63) is 84.3 Å². The van der Waals surface area contributed by atoms with E-state index in [1.165, 1.54) is 6.07 Å². The third-order valence-electron chi connectivity index (χ3n) is 6.53. The van der Waals surface area contributed by atoms with Gasteiger partial charge in [-0.2, -0.15) is 0 Å². The van der Waals surface area contributed by atoms with E-state index in [0.717, 1.165) is 11.0 Å². The van der Waals surface area contributed by atoms with Gasteiger partial charge in [-0.05, 0) is 62.2 Å². The Labute approximate surface area is 211 Å². The smallest absolute Gasteiger partial charge is 0.268 e. The van der Waals surface area contributed by atoms with Gasteiger partial charge >= 0.3 is 0 Å². The van der Waals surface area contributed by atoms with Crippen LogP contribution in [0.15, 0.2) is 67.0 Å². The first-order valence-corrected chi connectivity index (χ1v) is 12.1. The van der Waals surface area contributed by atoms with Gasteiger partial charge in [-0.25, -0.2) is 9.37 Å². The van der Waals surface area contributed by atoms with Gasteiger partial charge in [-0.1, -0.05) is 12.1 Å². The number of carbonyl (C=O) groups excluding carboxylic acids is 1. The highest BCUT2D eigenvalue weighted by Crippen LogP contribution is 2.39. The Hall–Kier alpha value is -4.60. The number of aromatic nitrogens is 6. The van der Waals surface area contributed by atoms with Crippen LogP contribution in [-0.4, -0.2) is 48.3 Å². The number of para-hydroxylation sites is 1. The zero-order valence-electron chi connectivity index (χ0n) is 20.1. The topological polar surface area (TPSA) is 111 Å². The molecule has 1 aromatic carbocycles. The van der Waals surface area contributed by atoms with Crippen LogP contribution in [0.3, 0.4) is 0 Å². The molecular weight excluding hydrogens is 473 g/mol. The molecule has 1 aliphatic carbocycles. The van der Waals surface area contributed by atoms with Gasteiger partial charge < -0.3 is 15.0 Å². The zero-order chi connectivity index (χ0) is 25.4. The van der Waals surface area contributed by atoms with E-state index in [1.54, 1.807) is 53.4 Å². The molecule has 186 valence electrons. The fourth-order valence-electron chi connectivity index (χ4n) is 4.65. The summed E-state index contributed by atoms with van der Waals surface area (Å²) >= 11 is 0. The molecule has 0 atom stereocenters. The Morgan fingerprint density at radius 3 is 2.76 bits per heavy atom. The third kappa shape index (κ3) is 4.31. The van der Waals surface area contributed by atoms with Crippen molar-refractivity contribution in [1.29, 1.82) is 0 Å². The Morgan fingerprint density at radius 2 is 2.00 bits per heavy atom. The van der Waals surface area contributed by atoms with Crippen LogP contribution in [0.25, 0.3) is 28.2 Å². The first-order chi connectivity index (χ1) is 18.1. The van der Waals surface area contributed by atoms with Crippen molar-refractivity contribution in [1.82, 2.24) is 35.0 Å². The summed E-state index contributed by atoms with van der Waals surface area (Å²) in [6, 6.07) is 15.5. The van der Waals surface area contributed by atoms with Gasteiger partial charge in [0.15, 0.2) is 5.82 Å². The van der Waals surface area contributed by atoms with E-state index in [9.17, 15) is 9.18 Å². The van der Waals surface area contributed by atoms with Crippen molar-refractivity contribution in [3.63, 3.8) is 0 Å². The number of H-pyrrole nitrogens is 1. The van der Waals surface area contributed by atoms with Gasteiger partial charge in [-0.15, -0.1) is 10.2 Å². The average Bonchev–Trinajstić information content (AvgIpc) is 3.52. The first kappa shape index (κ1) is 22.8. The number of nitrogens with one attached hydrogen (secondary N) is 2. The van der Waals surface area contributed by atoms with E-state index in [4.69, 9.17) is 4.74 Å². The van der Waals surface area contributed by atoms with E-state index in [0.29, 0.717) is 53.9 Å². The number of fused-ring (bicyclic) bond motifs is 1. The molecule has 1 fully saturated rings. The first-order valence-electron chi connectivity index (χ1n) is 12.1. The molecule has 0 bridgehead atoms. The van der Waals surface area contributed by atoms with Gasteiger partial charge in [0.2, 0.25) is 0 Å². The molecule has 0 unspecified atom stereocenters. The molecule has 6 rings (SSSR count). The van der Waals surface area contributed by atoms with Crippen molar-refractivity contribution in [2.24, 2.45) is 0 Å². The Balaban J connectivity index is 1.24. The summed E-state index contributed by atoms with van der Waals surface area (Å²) in [6.07, 6.45) is 4.63. The van der Waals surface area contributed by atoms with Crippen LogP contribution in [0.1, 0.15) is 42.0 Å². The highest BCUT2D eigenvalue weighted by atomic mass is 19.1. The summed E-state index contributed by atoms with van der Waals surface area (Å²) in [5.41, 5.74) is 2.93. The Kier molecular flexibility index (Phi) is 5.84. The van der Waals surface area contributed by atoms with Gasteiger partial charge in [0.25, 0.3) is 5.91 Å². The number of carbonyl (C=O) groups is 1. The minimum atomic E-state index is -0.382. The Morgan fingerprint density at radius 1 is 1.14 bits per heavy atom. The number of nitrogens with zero attached hydrogens (tertiary/aromatic N) is 5. The third-order valence-corrected chi connectivity index (χ3v) is 6.53. The normalized spacial score (nSPS) is 16.9. The molecule has 0 saturated heterocycles. The number of hydrogen-bond donors (Lipinski definition) is 2. The minimum Gasteiger partial charge on any atom is -0.492 e. The minimum absolute atomic E-state index is 0.00163. The number of rotatable bonds is 7. The monoisotopic (exact) mass is 497 g/mol. The summed E-state index contributed by atoms with van der Waals surface area (Å²) in [6.45, 7) is 2.44. The molecule has 9 nitrogen and oxygen atoms in total. The van der Waals surface area contributed by atoms with Crippen LogP contribution in [0.4, 0.5) is 4.39 Å². The second-order valence-electron chi connectivity index (χ2n) is 8.94. The van der Waals surface area contributed by atoms with Crippen LogP contribution in [-0.2, 0) is 0 Å². The largest absolute Gasteiger partial charge is 0.492 e. The maximum atomic E-state index is 14.9. The molecule has 37 heavy (non-hydrogen) atoms. The lowest BCUT2D eigenvalue weighted by atomic mass is 9.79. The number of ether oxygens (including phenoxy) is 1. The van der Waals surface area contributed by atoms with Crippen molar-refractivity contribution in [3.8, 4) is 23.0 Å². The number of hydrogen-bond acceptors (Lipinski definition) is 6. The summed E-state index contributed by atoms with van der Waals surface area (Å²) in [5, 5.41) is 11.9. The van der Waals surface area contributed by atoms with Crippen molar-refractivity contribution >= 4 is 16.9 Å². The number of aromatic amines is 1. The van der Waals surface area contributed by atoms with E-state index in [2.05, 4.69) is 30.5 Å². The second kappa shape index (κ2) is 9.45. The summed E-state index contributed by atoms with van der Waals surface area (Å²) in [7, 11) is 0. The van der Waals surface area contributed by atoms with Gasteiger partial charge in [0.1, 0.15) is 28.8 Å². The van der Waals surface area contributed by atoms with Gasteiger partial charge in [0, 0.05) is 18.2 Å². The zero-order valence-corrected chi connectivity index (χ0v) is 20.1. The van der Waals surface area contributed by atoms with E-state index in [-0.39, 0.29) is 23.7 Å².